The van der Waals surface area contributed by atoms with Crippen molar-refractivity contribution in [1.29, 1.82) is 10.5 Å². The fourth-order valence-electron chi connectivity index (χ4n) is 2.62. The van der Waals surface area contributed by atoms with Crippen molar-refractivity contribution in [3.05, 3.63) is 30.1 Å². The number of pyridine rings is 1. The molecule has 1 aliphatic heterocycles. The molecule has 0 saturated carbocycles. The number of hydrogen-bond acceptors (Lipinski definition) is 5. The molecule has 1 saturated heterocycles. The number of piperazine rings is 1. The number of nitriles is 2. The molecule has 1 aromatic heterocycles. The largest absolute Gasteiger partial charge is 0.299 e. The van der Waals surface area contributed by atoms with Crippen LogP contribution in [-0.2, 0) is 6.54 Å². The lowest BCUT2D eigenvalue weighted by atomic mass is 10.0. The van der Waals surface area contributed by atoms with Crippen molar-refractivity contribution in [3.63, 3.8) is 0 Å². The van der Waals surface area contributed by atoms with E-state index in [2.05, 4.69) is 39.1 Å². The maximum Gasteiger partial charge on any atom is 0.0669 e. The Balaban J connectivity index is 1.73. The second-order valence-corrected chi connectivity index (χ2v) is 5.46. The molecular formula is C16H21N5. The molecule has 2 rings (SSSR count). The van der Waals surface area contributed by atoms with Crippen LogP contribution in [0.25, 0.3) is 0 Å². The zero-order valence-corrected chi connectivity index (χ0v) is 12.3. The van der Waals surface area contributed by atoms with Gasteiger partial charge in [0.25, 0.3) is 0 Å². The highest BCUT2D eigenvalue weighted by molar-refractivity contribution is 5.09. The van der Waals surface area contributed by atoms with E-state index in [1.165, 1.54) is 5.56 Å². The number of nitrogens with zero attached hydrogens (tertiary/aromatic N) is 5. The van der Waals surface area contributed by atoms with Crippen LogP contribution in [0, 0.1) is 28.6 Å². The molecule has 2 heterocycles. The van der Waals surface area contributed by atoms with E-state index in [-0.39, 0.29) is 5.92 Å². The molecular weight excluding hydrogens is 262 g/mol. The third-order valence-electron chi connectivity index (χ3n) is 3.89. The van der Waals surface area contributed by atoms with E-state index in [4.69, 9.17) is 10.5 Å². The molecule has 0 bridgehead atoms. The first kappa shape index (κ1) is 15.4. The molecule has 1 aromatic rings. The first-order chi connectivity index (χ1) is 10.3. The zero-order chi connectivity index (χ0) is 14.9. The molecule has 1 fully saturated rings. The van der Waals surface area contributed by atoms with Crippen molar-refractivity contribution in [2.75, 3.05) is 32.7 Å². The molecule has 0 unspecified atom stereocenters. The van der Waals surface area contributed by atoms with Gasteiger partial charge in [-0.2, -0.15) is 10.5 Å². The molecule has 0 aliphatic carbocycles. The van der Waals surface area contributed by atoms with Crippen LogP contribution in [0.2, 0.25) is 0 Å². The lowest BCUT2D eigenvalue weighted by Crippen LogP contribution is -2.47. The fraction of sp³-hybridized carbons (Fsp3) is 0.562. The predicted molar refractivity (Wildman–Crippen MR) is 79.9 cm³/mol. The predicted octanol–water partition coefficient (Wildman–Crippen LogP) is 1.64. The minimum atomic E-state index is -0.0172. The summed E-state index contributed by atoms with van der Waals surface area (Å²) < 4.78 is 0. The SMILES string of the molecule is N#CCC[C@H](C#N)CN1CCN(Cc2ccncc2)CC1. The van der Waals surface area contributed by atoms with Crippen molar-refractivity contribution in [1.82, 2.24) is 14.8 Å². The molecule has 1 aliphatic rings. The standard InChI is InChI=1S/C16H21N5/c17-5-1-2-16(12-18)14-21-10-8-20(9-11-21)13-15-3-6-19-7-4-15/h3-4,6-7,16H,1-2,8-11,13-14H2/t16-/m1/s1. The van der Waals surface area contributed by atoms with Gasteiger partial charge < -0.3 is 0 Å². The monoisotopic (exact) mass is 283 g/mol. The van der Waals surface area contributed by atoms with Crippen LogP contribution < -0.4 is 0 Å². The molecule has 5 nitrogen and oxygen atoms in total. The molecule has 0 amide bonds. The highest BCUT2D eigenvalue weighted by Crippen LogP contribution is 2.12. The second kappa shape index (κ2) is 8.36. The van der Waals surface area contributed by atoms with Gasteiger partial charge >= 0.3 is 0 Å². The van der Waals surface area contributed by atoms with Crippen LogP contribution in [0.4, 0.5) is 0 Å². The van der Waals surface area contributed by atoms with Crippen molar-refractivity contribution in [3.8, 4) is 12.1 Å². The Labute approximate surface area is 126 Å². The van der Waals surface area contributed by atoms with E-state index < -0.39 is 0 Å². The number of aromatic nitrogens is 1. The quantitative estimate of drug-likeness (QED) is 0.794. The summed E-state index contributed by atoms with van der Waals surface area (Å²) in [5.41, 5.74) is 1.29. The van der Waals surface area contributed by atoms with E-state index in [1.807, 2.05) is 12.4 Å². The lowest BCUT2D eigenvalue weighted by Gasteiger charge is -2.35. The van der Waals surface area contributed by atoms with Gasteiger partial charge in [-0.05, 0) is 24.1 Å². The van der Waals surface area contributed by atoms with Gasteiger partial charge in [0.2, 0.25) is 0 Å². The van der Waals surface area contributed by atoms with E-state index in [9.17, 15) is 0 Å². The Kier molecular flexibility index (Phi) is 6.15. The summed E-state index contributed by atoms with van der Waals surface area (Å²) in [6.07, 6.45) is 4.82. The van der Waals surface area contributed by atoms with Crippen molar-refractivity contribution < 1.29 is 0 Å². The molecule has 21 heavy (non-hydrogen) atoms. The first-order valence-corrected chi connectivity index (χ1v) is 7.42. The van der Waals surface area contributed by atoms with Crippen LogP contribution in [-0.4, -0.2) is 47.5 Å². The smallest absolute Gasteiger partial charge is 0.0669 e. The summed E-state index contributed by atoms with van der Waals surface area (Å²) >= 11 is 0. The van der Waals surface area contributed by atoms with Gasteiger partial charge in [-0.1, -0.05) is 0 Å². The van der Waals surface area contributed by atoms with E-state index in [0.717, 1.165) is 39.3 Å². The topological polar surface area (TPSA) is 67.0 Å². The molecule has 0 aromatic carbocycles. The van der Waals surface area contributed by atoms with E-state index in [0.29, 0.717) is 12.8 Å². The Bertz CT molecular complexity index is 494. The van der Waals surface area contributed by atoms with Crippen LogP contribution in [0.15, 0.2) is 24.5 Å². The third kappa shape index (κ3) is 5.15. The molecule has 5 heteroatoms. The molecule has 110 valence electrons. The second-order valence-electron chi connectivity index (χ2n) is 5.46. The van der Waals surface area contributed by atoms with Gasteiger partial charge in [-0.25, -0.2) is 0 Å². The fourth-order valence-corrected chi connectivity index (χ4v) is 2.62. The summed E-state index contributed by atoms with van der Waals surface area (Å²) in [6.45, 7) is 5.80. The van der Waals surface area contributed by atoms with Gasteiger partial charge in [-0.15, -0.1) is 0 Å². The molecule has 0 spiro atoms. The van der Waals surface area contributed by atoms with Gasteiger partial charge in [-0.3, -0.25) is 14.8 Å². The van der Waals surface area contributed by atoms with Gasteiger partial charge in [0, 0.05) is 58.1 Å². The normalized spacial score (nSPS) is 17.8. The van der Waals surface area contributed by atoms with Crippen molar-refractivity contribution >= 4 is 0 Å². The maximum absolute atomic E-state index is 9.13. The summed E-state index contributed by atoms with van der Waals surface area (Å²) in [4.78, 5) is 8.81. The van der Waals surface area contributed by atoms with Crippen LogP contribution in [0.1, 0.15) is 18.4 Å². The van der Waals surface area contributed by atoms with Gasteiger partial charge in [0.1, 0.15) is 0 Å². The van der Waals surface area contributed by atoms with Crippen molar-refractivity contribution in [2.45, 2.75) is 19.4 Å². The van der Waals surface area contributed by atoms with Crippen molar-refractivity contribution in [2.24, 2.45) is 5.92 Å². The summed E-state index contributed by atoms with van der Waals surface area (Å²) in [5, 5.41) is 17.7. The molecule has 0 radical (unpaired) electrons. The highest BCUT2D eigenvalue weighted by atomic mass is 15.3. The van der Waals surface area contributed by atoms with Gasteiger partial charge in [0.15, 0.2) is 0 Å². The average molecular weight is 283 g/mol. The van der Waals surface area contributed by atoms with Gasteiger partial charge in [0.05, 0.1) is 18.1 Å². The summed E-state index contributed by atoms with van der Waals surface area (Å²) in [7, 11) is 0. The summed E-state index contributed by atoms with van der Waals surface area (Å²) in [5.74, 6) is -0.0172. The zero-order valence-electron chi connectivity index (χ0n) is 12.3. The number of hydrogen-bond donors (Lipinski definition) is 0. The van der Waals surface area contributed by atoms with Crippen LogP contribution in [0.5, 0.6) is 0 Å². The maximum atomic E-state index is 9.13. The molecule has 0 N–H and O–H groups in total. The Morgan fingerprint density at radius 2 is 1.76 bits per heavy atom. The van der Waals surface area contributed by atoms with E-state index >= 15 is 0 Å². The van der Waals surface area contributed by atoms with Crippen LogP contribution >= 0.6 is 0 Å². The Morgan fingerprint density at radius 1 is 1.10 bits per heavy atom. The average Bonchev–Trinajstić information content (AvgIpc) is 2.54. The lowest BCUT2D eigenvalue weighted by molar-refractivity contribution is 0.118. The Hall–Kier alpha value is -1.95. The number of rotatable bonds is 6. The highest BCUT2D eigenvalue weighted by Gasteiger charge is 2.19. The minimum absolute atomic E-state index is 0.0172. The minimum Gasteiger partial charge on any atom is -0.299 e. The van der Waals surface area contributed by atoms with Crippen LogP contribution in [0.3, 0.4) is 0 Å². The third-order valence-corrected chi connectivity index (χ3v) is 3.89. The molecule has 1 atom stereocenters. The Morgan fingerprint density at radius 3 is 2.38 bits per heavy atom. The van der Waals surface area contributed by atoms with E-state index in [1.54, 1.807) is 0 Å². The summed E-state index contributed by atoms with van der Waals surface area (Å²) in [6, 6.07) is 8.55. The first-order valence-electron chi connectivity index (χ1n) is 7.42.